The zero-order valence-electron chi connectivity index (χ0n) is 25.5. The minimum absolute atomic E-state index is 0.0481. The van der Waals surface area contributed by atoms with E-state index in [1.54, 1.807) is 19.9 Å². The van der Waals surface area contributed by atoms with Crippen LogP contribution in [-0.2, 0) is 23.8 Å². The minimum Gasteiger partial charge on any atom is -0.507 e. The number of carbonyl (C=O) groups is 3. The number of rotatable bonds is 5. The highest BCUT2D eigenvalue weighted by atomic mass is 35.5. The topological polar surface area (TPSA) is 172 Å². The lowest BCUT2D eigenvalue weighted by molar-refractivity contribution is -0.232. The van der Waals surface area contributed by atoms with E-state index < -0.39 is 76.0 Å². The van der Waals surface area contributed by atoms with Crippen molar-refractivity contribution in [3.05, 3.63) is 68.5 Å². The second kappa shape index (κ2) is 10.5. The van der Waals surface area contributed by atoms with E-state index in [9.17, 15) is 34.8 Å². The first-order valence-corrected chi connectivity index (χ1v) is 15.0. The van der Waals surface area contributed by atoms with Gasteiger partial charge in [-0.05, 0) is 63.0 Å². The number of aliphatic hydroxyl groups excluding tert-OH is 3. The van der Waals surface area contributed by atoms with Gasteiger partial charge in [-0.1, -0.05) is 34.9 Å². The van der Waals surface area contributed by atoms with Crippen molar-refractivity contribution in [1.82, 2.24) is 0 Å². The molecule has 1 spiro atoms. The van der Waals surface area contributed by atoms with Crippen LogP contribution in [0.3, 0.4) is 0 Å². The number of ether oxygens (including phenoxy) is 4. The second-order valence-electron chi connectivity index (χ2n) is 12.8. The average molecular weight is 643 g/mol. The molecule has 5 aliphatic rings. The number of carbonyl (C=O) groups excluding carboxylic acids is 3. The maximum atomic E-state index is 14.3. The van der Waals surface area contributed by atoms with E-state index >= 15 is 0 Å². The van der Waals surface area contributed by atoms with Crippen molar-refractivity contribution in [2.75, 3.05) is 13.7 Å². The molecule has 240 valence electrons. The number of benzene rings is 1. The van der Waals surface area contributed by atoms with Crippen molar-refractivity contribution >= 4 is 29.1 Å². The van der Waals surface area contributed by atoms with E-state index in [1.165, 1.54) is 19.2 Å². The van der Waals surface area contributed by atoms with E-state index in [1.807, 2.05) is 19.9 Å². The summed E-state index contributed by atoms with van der Waals surface area (Å²) in [6.45, 7) is 6.05. The summed E-state index contributed by atoms with van der Waals surface area (Å²) >= 11 is 6.70. The van der Waals surface area contributed by atoms with Crippen LogP contribution in [0.5, 0.6) is 11.5 Å². The maximum Gasteiger partial charge on any atom is 0.349 e. The second-order valence-corrected chi connectivity index (χ2v) is 13.1. The first kappa shape index (κ1) is 31.5. The fraction of sp³-hybridized carbons (Fsp3) is 0.485. The van der Waals surface area contributed by atoms with Crippen LogP contribution in [-0.4, -0.2) is 81.4 Å². The van der Waals surface area contributed by atoms with Gasteiger partial charge in [0.15, 0.2) is 5.78 Å². The van der Waals surface area contributed by atoms with Gasteiger partial charge < -0.3 is 39.4 Å². The number of epoxide rings is 1. The molecule has 3 aliphatic carbocycles. The number of aryl methyl sites for hydroxylation is 1. The number of methoxy groups -OCH3 is 1. The summed E-state index contributed by atoms with van der Waals surface area (Å²) in [6.07, 6.45) is 0.760. The van der Waals surface area contributed by atoms with Gasteiger partial charge in [-0.2, -0.15) is 0 Å². The van der Waals surface area contributed by atoms with E-state index in [4.69, 9.17) is 30.5 Å². The lowest BCUT2D eigenvalue weighted by Gasteiger charge is -2.56. The zero-order chi connectivity index (χ0) is 32.8. The van der Waals surface area contributed by atoms with Crippen LogP contribution in [0.2, 0.25) is 0 Å². The first-order chi connectivity index (χ1) is 21.2. The van der Waals surface area contributed by atoms with Gasteiger partial charge in [0.05, 0.1) is 19.1 Å². The highest BCUT2D eigenvalue weighted by Gasteiger charge is 2.76. The normalized spacial score (nSPS) is 36.7. The Labute approximate surface area is 264 Å². The van der Waals surface area contributed by atoms with E-state index in [2.05, 4.69) is 0 Å². The highest BCUT2D eigenvalue weighted by molar-refractivity contribution is 6.44. The Morgan fingerprint density at radius 1 is 1.18 bits per heavy atom. The summed E-state index contributed by atoms with van der Waals surface area (Å²) < 4.78 is 23.7. The van der Waals surface area contributed by atoms with Gasteiger partial charge in [0, 0.05) is 12.8 Å². The predicted molar refractivity (Wildman–Crippen MR) is 158 cm³/mol. The number of hydrogen-bond acceptors (Lipinski definition) is 11. The molecule has 1 saturated heterocycles. The quantitative estimate of drug-likeness (QED) is 0.211. The third kappa shape index (κ3) is 4.21. The molecule has 7 atom stereocenters. The van der Waals surface area contributed by atoms with Crippen LogP contribution < -0.4 is 4.74 Å². The van der Waals surface area contributed by atoms with Gasteiger partial charge in [-0.25, -0.2) is 4.79 Å². The molecule has 2 aliphatic heterocycles. The highest BCUT2D eigenvalue weighted by Crippen LogP contribution is 2.64. The van der Waals surface area contributed by atoms with Gasteiger partial charge in [-0.15, -0.1) is 0 Å². The molecule has 11 nitrogen and oxygen atoms in total. The van der Waals surface area contributed by atoms with Gasteiger partial charge in [-0.3, -0.25) is 9.59 Å². The lowest BCUT2D eigenvalue weighted by atomic mass is 9.53. The number of Topliss-reactive ketones (excluding diaryl/α,β-unsaturated/α-hetero) is 2. The molecule has 2 heterocycles. The van der Waals surface area contributed by atoms with Crippen LogP contribution in [0, 0.1) is 18.3 Å². The Balaban J connectivity index is 1.65. The number of allylic oxidation sites excluding steroid dienone is 4. The monoisotopic (exact) mass is 642 g/mol. The van der Waals surface area contributed by atoms with Gasteiger partial charge in [0.1, 0.15) is 57.7 Å². The standard InChI is InChI=1S/C33H35ClO11/c1-14(2)6-7-32-27(39)18(11-20(37)29(32)44-32)17-8-16(4)12-31(22(38)13-35)24(17)26(42-5)25(34)28(40)33(31)43-21-10-15(3)9-19(36)23(21)30(41)45-33/h6,8-10,20,24,27,29,35-37,39H,7,11-13H2,1-5H3/b18-17-/t20-,24+,27+,29-,31-,32+,33-/m0/s1. The Kier molecular flexibility index (Phi) is 7.37. The van der Waals surface area contributed by atoms with Crippen LogP contribution >= 0.6 is 11.6 Å². The molecule has 1 aromatic carbocycles. The van der Waals surface area contributed by atoms with E-state index in [-0.39, 0.29) is 35.5 Å². The third-order valence-electron chi connectivity index (χ3n) is 9.65. The molecule has 45 heavy (non-hydrogen) atoms. The number of hydrogen-bond donors (Lipinski definition) is 4. The van der Waals surface area contributed by atoms with Crippen LogP contribution in [0.25, 0.3) is 0 Å². The fourth-order valence-corrected chi connectivity index (χ4v) is 7.98. The number of esters is 1. The Hall–Kier alpha value is -3.48. The largest absolute Gasteiger partial charge is 0.507 e. The molecule has 6 rings (SSSR count). The summed E-state index contributed by atoms with van der Waals surface area (Å²) in [6, 6.07) is 2.74. The predicted octanol–water partition coefficient (Wildman–Crippen LogP) is 3.06. The molecule has 0 amide bonds. The number of halogens is 1. The van der Waals surface area contributed by atoms with E-state index in [0.717, 1.165) is 5.57 Å². The van der Waals surface area contributed by atoms with Gasteiger partial charge >= 0.3 is 11.8 Å². The number of phenolic OH excluding ortho intramolecular Hbond substituents is 1. The molecule has 12 heteroatoms. The molecule has 0 bridgehead atoms. The molecule has 0 unspecified atom stereocenters. The smallest absolute Gasteiger partial charge is 0.349 e. The maximum absolute atomic E-state index is 14.3. The summed E-state index contributed by atoms with van der Waals surface area (Å²) in [5.41, 5.74) is -1.06. The average Bonchev–Trinajstić information content (AvgIpc) is 3.73. The molecule has 0 radical (unpaired) electrons. The molecule has 4 N–H and O–H groups in total. The number of ketones is 2. The van der Waals surface area contributed by atoms with Crippen molar-refractivity contribution in [2.45, 2.75) is 76.7 Å². The molecule has 0 aromatic heterocycles. The third-order valence-corrected chi connectivity index (χ3v) is 10.0. The molecule has 1 aromatic rings. The Morgan fingerprint density at radius 2 is 1.89 bits per heavy atom. The lowest BCUT2D eigenvalue weighted by Crippen LogP contribution is -2.71. The van der Waals surface area contributed by atoms with Crippen LogP contribution in [0.4, 0.5) is 0 Å². The summed E-state index contributed by atoms with van der Waals surface area (Å²) in [4.78, 5) is 42.2. The van der Waals surface area contributed by atoms with Crippen molar-refractivity contribution in [2.24, 2.45) is 11.3 Å². The molecular weight excluding hydrogens is 608 g/mol. The fourth-order valence-electron chi connectivity index (χ4n) is 7.67. The van der Waals surface area contributed by atoms with Crippen LogP contribution in [0.15, 0.2) is 57.4 Å². The number of aliphatic hydroxyl groups is 3. The number of aromatic hydroxyl groups is 1. The molecule has 1 saturated carbocycles. The van der Waals surface area contributed by atoms with Crippen LogP contribution in [0.1, 0.15) is 56.0 Å². The van der Waals surface area contributed by atoms with Gasteiger partial charge in [0.25, 0.3) is 5.78 Å². The number of phenols is 1. The van der Waals surface area contributed by atoms with Crippen molar-refractivity contribution in [1.29, 1.82) is 0 Å². The zero-order valence-corrected chi connectivity index (χ0v) is 26.2. The SMILES string of the molecule is COC1=C(Cl)C(=O)[C@]2(OC(=O)c3c(O)cc(C)cc3O2)[C@]2(C(=O)CO)CC(C)=C/C(=C3\C[C@H](O)[C@@H]4O[C@]4(CC=C(C)C)[C@@H]3O)[C@H]12. The minimum atomic E-state index is -2.74. The van der Waals surface area contributed by atoms with E-state index in [0.29, 0.717) is 23.1 Å². The van der Waals surface area contributed by atoms with Crippen molar-refractivity contribution in [3.8, 4) is 11.5 Å². The Morgan fingerprint density at radius 3 is 2.53 bits per heavy atom. The first-order valence-electron chi connectivity index (χ1n) is 14.6. The van der Waals surface area contributed by atoms with Crippen molar-refractivity contribution in [3.63, 3.8) is 0 Å². The summed E-state index contributed by atoms with van der Waals surface area (Å²) in [5.74, 6) is -8.02. The Bertz CT molecular complexity index is 1670. The van der Waals surface area contributed by atoms with Gasteiger partial charge in [0.2, 0.25) is 0 Å². The van der Waals surface area contributed by atoms with Crippen molar-refractivity contribution < 1.29 is 53.8 Å². The summed E-state index contributed by atoms with van der Waals surface area (Å²) in [5, 5.41) is 43.5. The summed E-state index contributed by atoms with van der Waals surface area (Å²) in [7, 11) is 1.26. The number of fused-ring (bicyclic) bond motifs is 4. The molecule has 2 fully saturated rings. The molecular formula is C33H35ClO11.